The maximum atomic E-state index is 13.6. The Bertz CT molecular complexity index is 997. The Kier molecular flexibility index (Phi) is 4.69. The lowest BCUT2D eigenvalue weighted by molar-refractivity contribution is -0.174. The van der Waals surface area contributed by atoms with Gasteiger partial charge in [0.05, 0.1) is 25.6 Å². The van der Waals surface area contributed by atoms with E-state index in [2.05, 4.69) is 15.7 Å². The molecule has 3 aromatic rings. The van der Waals surface area contributed by atoms with Crippen LogP contribution >= 0.6 is 0 Å². The fourth-order valence-electron chi connectivity index (χ4n) is 3.28. The molecule has 2 aromatic heterocycles. The van der Waals surface area contributed by atoms with Gasteiger partial charge in [0.2, 0.25) is 0 Å². The monoisotopic (exact) mass is 406 g/mol. The van der Waals surface area contributed by atoms with Gasteiger partial charge >= 0.3 is 6.18 Å². The fourth-order valence-corrected chi connectivity index (χ4v) is 3.28. The highest BCUT2D eigenvalue weighted by Crippen LogP contribution is 2.44. The van der Waals surface area contributed by atoms with Crippen molar-refractivity contribution in [3.05, 3.63) is 60.2 Å². The Morgan fingerprint density at radius 3 is 2.69 bits per heavy atom. The van der Waals surface area contributed by atoms with E-state index in [1.165, 1.54) is 13.4 Å². The van der Waals surface area contributed by atoms with Crippen molar-refractivity contribution in [2.24, 2.45) is 0 Å². The molecule has 0 saturated carbocycles. The topological polar surface area (TPSA) is 81.3 Å². The van der Waals surface area contributed by atoms with Crippen molar-refractivity contribution in [3.63, 3.8) is 0 Å². The molecular formula is C19H17F3N4O3. The van der Waals surface area contributed by atoms with E-state index in [1.807, 2.05) is 0 Å². The number of amides is 1. The number of methoxy groups -OCH3 is 1. The zero-order valence-corrected chi connectivity index (χ0v) is 15.2. The van der Waals surface area contributed by atoms with Gasteiger partial charge in [-0.25, -0.2) is 4.68 Å². The number of nitrogens with one attached hydrogen (secondary N) is 2. The van der Waals surface area contributed by atoms with Crippen LogP contribution in [0.1, 0.15) is 34.6 Å². The van der Waals surface area contributed by atoms with Crippen LogP contribution in [0.5, 0.6) is 5.75 Å². The van der Waals surface area contributed by atoms with Crippen LogP contribution in [-0.4, -0.2) is 29.0 Å². The lowest BCUT2D eigenvalue weighted by atomic mass is 10.0. The van der Waals surface area contributed by atoms with Gasteiger partial charge in [0.25, 0.3) is 5.91 Å². The summed E-state index contributed by atoms with van der Waals surface area (Å²) in [6.07, 6.45) is -2.31. The Morgan fingerprint density at radius 1 is 1.31 bits per heavy atom. The molecule has 0 radical (unpaired) electrons. The lowest BCUT2D eigenvalue weighted by Gasteiger charge is -2.32. The predicted octanol–water partition coefficient (Wildman–Crippen LogP) is 4.40. The predicted molar refractivity (Wildman–Crippen MR) is 98.0 cm³/mol. The summed E-state index contributed by atoms with van der Waals surface area (Å²) in [6.45, 7) is 0. The Balaban J connectivity index is 1.64. The molecule has 0 saturated heterocycles. The van der Waals surface area contributed by atoms with Crippen LogP contribution in [0.4, 0.5) is 24.7 Å². The summed E-state index contributed by atoms with van der Waals surface area (Å²) in [5.41, 5.74) is 0.479. The molecular weight excluding hydrogens is 389 g/mol. The van der Waals surface area contributed by atoms with Crippen LogP contribution in [0.2, 0.25) is 0 Å². The zero-order chi connectivity index (χ0) is 20.6. The smallest absolute Gasteiger partial charge is 0.410 e. The van der Waals surface area contributed by atoms with Crippen LogP contribution < -0.4 is 15.4 Å². The third kappa shape index (κ3) is 3.65. The summed E-state index contributed by atoms with van der Waals surface area (Å²) in [5.74, 6) is 0.381. The first-order valence-electron chi connectivity index (χ1n) is 8.76. The molecule has 2 N–H and O–H groups in total. The molecule has 0 aliphatic carbocycles. The molecule has 29 heavy (non-hydrogen) atoms. The van der Waals surface area contributed by atoms with Crippen molar-refractivity contribution >= 4 is 17.4 Å². The second-order valence-corrected chi connectivity index (χ2v) is 6.54. The minimum atomic E-state index is -4.53. The summed E-state index contributed by atoms with van der Waals surface area (Å²) >= 11 is 0. The van der Waals surface area contributed by atoms with Gasteiger partial charge in [-0.15, -0.1) is 0 Å². The van der Waals surface area contributed by atoms with Gasteiger partial charge in [0.1, 0.15) is 22.9 Å². The first-order valence-corrected chi connectivity index (χ1v) is 8.76. The number of fused-ring (bicyclic) bond motifs is 1. The average molecular weight is 406 g/mol. The van der Waals surface area contributed by atoms with Crippen molar-refractivity contribution in [3.8, 4) is 5.75 Å². The van der Waals surface area contributed by atoms with Crippen molar-refractivity contribution in [2.75, 3.05) is 17.7 Å². The third-order valence-corrected chi connectivity index (χ3v) is 4.72. The zero-order valence-electron chi connectivity index (χ0n) is 15.2. The van der Waals surface area contributed by atoms with Gasteiger partial charge in [-0.1, -0.05) is 0 Å². The average Bonchev–Trinajstić information content (AvgIpc) is 3.37. The van der Waals surface area contributed by atoms with Crippen molar-refractivity contribution in [1.82, 2.24) is 9.78 Å². The Hall–Kier alpha value is -3.43. The highest BCUT2D eigenvalue weighted by Gasteiger charge is 2.47. The minimum absolute atomic E-state index is 0.00586. The number of hydrogen-bond acceptors (Lipinski definition) is 5. The molecule has 152 valence electrons. The van der Waals surface area contributed by atoms with E-state index in [0.29, 0.717) is 17.2 Å². The normalized spacial score (nSPS) is 18.6. The molecule has 2 atom stereocenters. The van der Waals surface area contributed by atoms with Crippen molar-refractivity contribution in [2.45, 2.75) is 24.7 Å². The Labute approximate surface area is 163 Å². The van der Waals surface area contributed by atoms with Gasteiger partial charge in [0, 0.05) is 12.1 Å². The number of anilines is 2. The van der Waals surface area contributed by atoms with E-state index >= 15 is 0 Å². The van der Waals surface area contributed by atoms with Gasteiger partial charge in [-0.2, -0.15) is 18.3 Å². The number of benzene rings is 1. The number of halogens is 3. The molecule has 3 heterocycles. The SMILES string of the molecule is COc1ccc(NC(=O)c2cnn3c2N[C@H](c2ccco2)C[C@H]3C(F)(F)F)cc1. The molecule has 7 nitrogen and oxygen atoms in total. The highest BCUT2D eigenvalue weighted by molar-refractivity contribution is 6.07. The first kappa shape index (κ1) is 18.9. The minimum Gasteiger partial charge on any atom is -0.497 e. The molecule has 0 bridgehead atoms. The van der Waals surface area contributed by atoms with Crippen LogP contribution in [-0.2, 0) is 0 Å². The second kappa shape index (κ2) is 7.19. The third-order valence-electron chi connectivity index (χ3n) is 4.72. The van der Waals surface area contributed by atoms with E-state index in [0.717, 1.165) is 10.9 Å². The number of ether oxygens (including phenoxy) is 1. The molecule has 4 rings (SSSR count). The largest absolute Gasteiger partial charge is 0.497 e. The number of hydrogen-bond donors (Lipinski definition) is 2. The molecule has 10 heteroatoms. The molecule has 0 spiro atoms. The van der Waals surface area contributed by atoms with E-state index in [9.17, 15) is 18.0 Å². The Morgan fingerprint density at radius 2 is 2.07 bits per heavy atom. The van der Waals surface area contributed by atoms with E-state index in [1.54, 1.807) is 36.4 Å². The van der Waals surface area contributed by atoms with Gasteiger partial charge < -0.3 is 19.8 Å². The van der Waals surface area contributed by atoms with E-state index in [4.69, 9.17) is 9.15 Å². The summed E-state index contributed by atoms with van der Waals surface area (Å²) in [6, 6.07) is 7.15. The number of alkyl halides is 3. The summed E-state index contributed by atoms with van der Waals surface area (Å²) in [5, 5.41) is 9.45. The lowest BCUT2D eigenvalue weighted by Crippen LogP contribution is -2.36. The molecule has 1 aromatic carbocycles. The second-order valence-electron chi connectivity index (χ2n) is 6.54. The number of furan rings is 1. The van der Waals surface area contributed by atoms with Crippen LogP contribution in [0.3, 0.4) is 0 Å². The van der Waals surface area contributed by atoms with Crippen molar-refractivity contribution < 1.29 is 27.1 Å². The van der Waals surface area contributed by atoms with E-state index < -0.39 is 24.2 Å². The number of rotatable bonds is 4. The van der Waals surface area contributed by atoms with Crippen LogP contribution in [0.15, 0.2) is 53.3 Å². The fraction of sp³-hybridized carbons (Fsp3) is 0.263. The summed E-state index contributed by atoms with van der Waals surface area (Å²) in [7, 11) is 1.52. The molecule has 0 fully saturated rings. The van der Waals surface area contributed by atoms with Gasteiger partial charge in [-0.05, 0) is 36.4 Å². The number of nitrogens with zero attached hydrogens (tertiary/aromatic N) is 2. The highest BCUT2D eigenvalue weighted by atomic mass is 19.4. The standard InChI is InChI=1S/C19H17F3N4O3/c1-28-12-6-4-11(5-7-12)24-18(27)13-10-23-26-16(19(20,21)22)9-14(25-17(13)26)15-3-2-8-29-15/h2-8,10,14,16,25H,9H2,1H3,(H,24,27)/t14-,16-/m0/s1. The number of carbonyl (C=O) groups excluding carboxylic acids is 1. The maximum absolute atomic E-state index is 13.6. The molecule has 1 aliphatic heterocycles. The number of carbonyl (C=O) groups is 1. The molecule has 1 amide bonds. The molecule has 1 aliphatic rings. The van der Waals surface area contributed by atoms with Crippen molar-refractivity contribution in [1.29, 1.82) is 0 Å². The maximum Gasteiger partial charge on any atom is 0.410 e. The van der Waals surface area contributed by atoms with Crippen LogP contribution in [0.25, 0.3) is 0 Å². The number of aromatic nitrogens is 2. The summed E-state index contributed by atoms with van der Waals surface area (Å²) in [4.78, 5) is 12.7. The summed E-state index contributed by atoms with van der Waals surface area (Å²) < 4.78 is 52.0. The van der Waals surface area contributed by atoms with E-state index in [-0.39, 0.29) is 17.8 Å². The molecule has 0 unspecified atom stereocenters. The van der Waals surface area contributed by atoms with Crippen LogP contribution in [0, 0.1) is 0 Å². The quantitative estimate of drug-likeness (QED) is 0.671. The van der Waals surface area contributed by atoms with Gasteiger partial charge in [0.15, 0.2) is 6.04 Å². The first-order chi connectivity index (χ1) is 13.9. The van der Waals surface area contributed by atoms with Gasteiger partial charge in [-0.3, -0.25) is 4.79 Å².